The lowest BCUT2D eigenvalue weighted by molar-refractivity contribution is 0.354. The molecule has 1 aromatic carbocycles. The number of hydrogen-bond acceptors (Lipinski definition) is 4. The smallest absolute Gasteiger partial charge is 0.158 e. The third-order valence-corrected chi connectivity index (χ3v) is 5.61. The Kier molecular flexibility index (Phi) is 4.54. The fourth-order valence-electron chi connectivity index (χ4n) is 4.29. The largest absolute Gasteiger partial charge is 0.497 e. The SMILES string of the molecule is COc1ccc(-c2cc3nc(C)c(C)c(N4C[C@@H](C)C[C@H](C)C4)n3n2)cc1. The highest BCUT2D eigenvalue weighted by atomic mass is 16.5. The number of methoxy groups -OCH3 is 1. The molecule has 5 heteroatoms. The molecule has 142 valence electrons. The number of ether oxygens (including phenoxy) is 1. The summed E-state index contributed by atoms with van der Waals surface area (Å²) in [6.07, 6.45) is 1.29. The summed E-state index contributed by atoms with van der Waals surface area (Å²) in [5, 5.41) is 4.94. The molecule has 2 aromatic heterocycles. The van der Waals surface area contributed by atoms with Crippen LogP contribution in [0.5, 0.6) is 5.75 Å². The van der Waals surface area contributed by atoms with Crippen molar-refractivity contribution < 1.29 is 4.74 Å². The first-order valence-corrected chi connectivity index (χ1v) is 9.72. The van der Waals surface area contributed by atoms with Gasteiger partial charge in [-0.3, -0.25) is 0 Å². The van der Waals surface area contributed by atoms with Crippen molar-refractivity contribution in [3.05, 3.63) is 41.6 Å². The molecular weight excluding hydrogens is 336 g/mol. The van der Waals surface area contributed by atoms with E-state index in [0.717, 1.165) is 41.4 Å². The lowest BCUT2D eigenvalue weighted by Crippen LogP contribution is -2.40. The molecule has 3 heterocycles. The number of anilines is 1. The van der Waals surface area contributed by atoms with Gasteiger partial charge in [0.15, 0.2) is 5.65 Å². The molecule has 0 amide bonds. The summed E-state index contributed by atoms with van der Waals surface area (Å²) in [7, 11) is 1.68. The highest BCUT2D eigenvalue weighted by Crippen LogP contribution is 2.31. The Labute approximate surface area is 161 Å². The first-order valence-electron chi connectivity index (χ1n) is 9.72. The normalized spacial score (nSPS) is 20.3. The van der Waals surface area contributed by atoms with Crippen LogP contribution in [0.25, 0.3) is 16.9 Å². The molecule has 1 fully saturated rings. The van der Waals surface area contributed by atoms with E-state index >= 15 is 0 Å². The number of fused-ring (bicyclic) bond motifs is 1. The summed E-state index contributed by atoms with van der Waals surface area (Å²) >= 11 is 0. The Morgan fingerprint density at radius 1 is 1.04 bits per heavy atom. The molecule has 5 nitrogen and oxygen atoms in total. The van der Waals surface area contributed by atoms with Gasteiger partial charge in [0.25, 0.3) is 0 Å². The van der Waals surface area contributed by atoms with Crippen LogP contribution in [0.1, 0.15) is 31.5 Å². The van der Waals surface area contributed by atoms with E-state index < -0.39 is 0 Å². The molecular formula is C22H28N4O. The fraction of sp³-hybridized carbons (Fsp3) is 0.455. The first kappa shape index (κ1) is 17.8. The Morgan fingerprint density at radius 2 is 1.70 bits per heavy atom. The molecule has 0 spiro atoms. The Balaban J connectivity index is 1.83. The second kappa shape index (κ2) is 6.87. The van der Waals surface area contributed by atoms with E-state index in [0.29, 0.717) is 11.8 Å². The summed E-state index contributed by atoms with van der Waals surface area (Å²) < 4.78 is 7.30. The Hall–Kier alpha value is -2.56. The van der Waals surface area contributed by atoms with Gasteiger partial charge in [0.05, 0.1) is 12.8 Å². The lowest BCUT2D eigenvalue weighted by Gasteiger charge is -2.37. The third-order valence-electron chi connectivity index (χ3n) is 5.61. The molecule has 0 unspecified atom stereocenters. The summed E-state index contributed by atoms with van der Waals surface area (Å²) in [4.78, 5) is 7.30. The van der Waals surface area contributed by atoms with Crippen LogP contribution < -0.4 is 9.64 Å². The van der Waals surface area contributed by atoms with Gasteiger partial charge in [-0.05, 0) is 56.4 Å². The molecule has 0 radical (unpaired) electrons. The van der Waals surface area contributed by atoms with E-state index in [-0.39, 0.29) is 0 Å². The van der Waals surface area contributed by atoms with Crippen molar-refractivity contribution >= 4 is 11.5 Å². The molecule has 2 atom stereocenters. The van der Waals surface area contributed by atoms with Gasteiger partial charge in [0.2, 0.25) is 0 Å². The minimum absolute atomic E-state index is 0.688. The van der Waals surface area contributed by atoms with Crippen LogP contribution in [0.4, 0.5) is 5.82 Å². The van der Waals surface area contributed by atoms with Crippen molar-refractivity contribution in [2.45, 2.75) is 34.1 Å². The molecule has 3 aromatic rings. The summed E-state index contributed by atoms with van der Waals surface area (Å²) in [5.41, 5.74) is 5.21. The van der Waals surface area contributed by atoms with E-state index in [4.69, 9.17) is 14.8 Å². The zero-order valence-corrected chi connectivity index (χ0v) is 16.9. The van der Waals surface area contributed by atoms with Gasteiger partial charge in [-0.1, -0.05) is 13.8 Å². The van der Waals surface area contributed by atoms with E-state index in [1.54, 1.807) is 7.11 Å². The Morgan fingerprint density at radius 3 is 2.33 bits per heavy atom. The van der Waals surface area contributed by atoms with Gasteiger partial charge in [-0.25, -0.2) is 4.98 Å². The standard InChI is InChI=1S/C22H28N4O/c1-14-10-15(2)13-25(12-14)22-16(3)17(4)23-21-11-20(24-26(21)22)18-6-8-19(27-5)9-7-18/h6-9,11,14-15H,10,12-13H2,1-5H3/t14-,15-/m0/s1. The van der Waals surface area contributed by atoms with E-state index in [9.17, 15) is 0 Å². The number of hydrogen-bond donors (Lipinski definition) is 0. The van der Waals surface area contributed by atoms with Crippen LogP contribution in [0.15, 0.2) is 30.3 Å². The van der Waals surface area contributed by atoms with Gasteiger partial charge >= 0.3 is 0 Å². The van der Waals surface area contributed by atoms with Crippen molar-refractivity contribution in [3.8, 4) is 17.0 Å². The number of piperidine rings is 1. The number of aryl methyl sites for hydroxylation is 1. The summed E-state index contributed by atoms with van der Waals surface area (Å²) in [6, 6.07) is 10.1. The van der Waals surface area contributed by atoms with Crippen LogP contribution in [-0.2, 0) is 0 Å². The van der Waals surface area contributed by atoms with Crippen LogP contribution in [0.2, 0.25) is 0 Å². The van der Waals surface area contributed by atoms with Crippen molar-refractivity contribution in [2.24, 2.45) is 11.8 Å². The van der Waals surface area contributed by atoms with Crippen LogP contribution in [0, 0.1) is 25.7 Å². The molecule has 0 aliphatic carbocycles. The van der Waals surface area contributed by atoms with Crippen molar-refractivity contribution in [3.63, 3.8) is 0 Å². The molecule has 27 heavy (non-hydrogen) atoms. The van der Waals surface area contributed by atoms with Gasteiger partial charge < -0.3 is 9.64 Å². The average molecular weight is 364 g/mol. The molecule has 0 bridgehead atoms. The lowest BCUT2D eigenvalue weighted by atomic mass is 9.91. The number of benzene rings is 1. The zero-order valence-electron chi connectivity index (χ0n) is 16.9. The van der Waals surface area contributed by atoms with E-state index in [1.165, 1.54) is 17.8 Å². The highest BCUT2D eigenvalue weighted by molar-refractivity contribution is 5.67. The summed E-state index contributed by atoms with van der Waals surface area (Å²) in [6.45, 7) is 11.1. The maximum atomic E-state index is 5.27. The number of aromatic nitrogens is 3. The Bertz CT molecular complexity index is 951. The second-order valence-electron chi connectivity index (χ2n) is 8.02. The first-order chi connectivity index (χ1) is 13.0. The van der Waals surface area contributed by atoms with Crippen molar-refractivity contribution in [2.75, 3.05) is 25.1 Å². The second-order valence-corrected chi connectivity index (χ2v) is 8.02. The molecule has 0 N–H and O–H groups in total. The number of nitrogens with zero attached hydrogens (tertiary/aromatic N) is 4. The minimum Gasteiger partial charge on any atom is -0.497 e. The van der Waals surface area contributed by atoms with Crippen LogP contribution in [0.3, 0.4) is 0 Å². The number of rotatable bonds is 3. The topological polar surface area (TPSA) is 42.7 Å². The fourth-order valence-corrected chi connectivity index (χ4v) is 4.29. The predicted octanol–water partition coefficient (Wildman–Crippen LogP) is 4.50. The maximum Gasteiger partial charge on any atom is 0.158 e. The molecule has 1 aliphatic rings. The maximum absolute atomic E-state index is 5.27. The molecule has 1 saturated heterocycles. The monoisotopic (exact) mass is 364 g/mol. The third kappa shape index (κ3) is 3.27. The highest BCUT2D eigenvalue weighted by Gasteiger charge is 2.26. The van der Waals surface area contributed by atoms with E-state index in [2.05, 4.69) is 38.7 Å². The molecule has 0 saturated carbocycles. The van der Waals surface area contributed by atoms with Crippen LogP contribution >= 0.6 is 0 Å². The average Bonchev–Trinajstić information content (AvgIpc) is 3.05. The predicted molar refractivity (Wildman–Crippen MR) is 110 cm³/mol. The van der Waals surface area contributed by atoms with Gasteiger partial charge in [-0.2, -0.15) is 9.61 Å². The molecule has 1 aliphatic heterocycles. The minimum atomic E-state index is 0.688. The quantitative estimate of drug-likeness (QED) is 0.686. The van der Waals surface area contributed by atoms with E-state index in [1.807, 2.05) is 28.8 Å². The van der Waals surface area contributed by atoms with Gasteiger partial charge in [0.1, 0.15) is 11.6 Å². The summed E-state index contributed by atoms with van der Waals surface area (Å²) in [5.74, 6) is 3.42. The zero-order chi connectivity index (χ0) is 19.1. The van der Waals surface area contributed by atoms with Crippen molar-refractivity contribution in [1.82, 2.24) is 14.6 Å². The molecule has 4 rings (SSSR count). The van der Waals surface area contributed by atoms with Gasteiger partial charge in [-0.15, -0.1) is 0 Å². The van der Waals surface area contributed by atoms with Crippen LogP contribution in [-0.4, -0.2) is 34.8 Å². The van der Waals surface area contributed by atoms with Crippen molar-refractivity contribution in [1.29, 1.82) is 0 Å². The van der Waals surface area contributed by atoms with Gasteiger partial charge in [0, 0.05) is 36.0 Å².